The molecule has 0 aliphatic carbocycles. The summed E-state index contributed by atoms with van der Waals surface area (Å²) in [5.41, 5.74) is 2.95. The summed E-state index contributed by atoms with van der Waals surface area (Å²) in [6.07, 6.45) is 1.77. The summed E-state index contributed by atoms with van der Waals surface area (Å²) in [6.45, 7) is 3.27. The fraction of sp³-hybridized carbons (Fsp3) is 0.333. The smallest absolute Gasteiger partial charge is 0.234 e. The van der Waals surface area contributed by atoms with E-state index in [0.29, 0.717) is 5.75 Å². The monoisotopic (exact) mass is 343 g/mol. The molecule has 0 unspecified atom stereocenters. The Bertz CT molecular complexity index is 660. The van der Waals surface area contributed by atoms with Crippen LogP contribution in [-0.2, 0) is 15.3 Å². The van der Waals surface area contributed by atoms with Crippen LogP contribution in [0.15, 0.2) is 48.7 Å². The van der Waals surface area contributed by atoms with Gasteiger partial charge in [-0.15, -0.1) is 11.8 Å². The molecule has 1 N–H and O–H groups in total. The van der Waals surface area contributed by atoms with Crippen molar-refractivity contribution in [3.8, 4) is 0 Å². The molecule has 2 aromatic rings. The van der Waals surface area contributed by atoms with Gasteiger partial charge < -0.3 is 15.0 Å². The molecule has 5 nitrogen and oxygen atoms in total. The van der Waals surface area contributed by atoms with Crippen molar-refractivity contribution < 1.29 is 9.53 Å². The molecule has 1 aliphatic heterocycles. The first-order chi connectivity index (χ1) is 11.8. The molecule has 0 radical (unpaired) electrons. The third-order valence-electron chi connectivity index (χ3n) is 3.72. The number of morpholine rings is 1. The van der Waals surface area contributed by atoms with Gasteiger partial charge in [0.25, 0.3) is 0 Å². The van der Waals surface area contributed by atoms with Crippen molar-refractivity contribution in [2.45, 2.75) is 5.75 Å². The van der Waals surface area contributed by atoms with Crippen LogP contribution in [0.2, 0.25) is 0 Å². The lowest BCUT2D eigenvalue weighted by atomic mass is 10.2. The van der Waals surface area contributed by atoms with E-state index in [4.69, 9.17) is 4.74 Å². The van der Waals surface area contributed by atoms with Gasteiger partial charge in [-0.1, -0.05) is 12.1 Å². The Hall–Kier alpha value is -2.05. The Morgan fingerprint density at radius 1 is 1.21 bits per heavy atom. The normalized spacial score (nSPS) is 14.4. The van der Waals surface area contributed by atoms with Crippen molar-refractivity contribution >= 4 is 29.0 Å². The van der Waals surface area contributed by atoms with E-state index in [1.54, 1.807) is 18.0 Å². The molecule has 1 amide bonds. The third-order valence-corrected chi connectivity index (χ3v) is 4.68. The van der Waals surface area contributed by atoms with Crippen LogP contribution in [0.1, 0.15) is 5.69 Å². The van der Waals surface area contributed by atoms with Gasteiger partial charge in [0.2, 0.25) is 5.91 Å². The quantitative estimate of drug-likeness (QED) is 0.874. The number of hydrogen-bond acceptors (Lipinski definition) is 5. The van der Waals surface area contributed by atoms with Gasteiger partial charge in [-0.25, -0.2) is 0 Å². The van der Waals surface area contributed by atoms with Gasteiger partial charge in [-0.2, -0.15) is 0 Å². The second-order valence-electron chi connectivity index (χ2n) is 5.51. The standard InChI is InChI=1S/C18H21N3O2S/c22-18(14-24-13-16-4-1-2-7-19-16)20-15-5-3-6-17(12-15)21-8-10-23-11-9-21/h1-7,12H,8-11,13-14H2,(H,20,22). The number of ether oxygens (including phenoxy) is 1. The van der Waals surface area contributed by atoms with E-state index in [1.807, 2.05) is 36.4 Å². The summed E-state index contributed by atoms with van der Waals surface area (Å²) >= 11 is 1.56. The lowest BCUT2D eigenvalue weighted by Crippen LogP contribution is -2.36. The Balaban J connectivity index is 1.49. The summed E-state index contributed by atoms with van der Waals surface area (Å²) < 4.78 is 5.38. The van der Waals surface area contributed by atoms with Crippen LogP contribution in [0.3, 0.4) is 0 Å². The maximum absolute atomic E-state index is 12.1. The molecule has 1 saturated heterocycles. The number of pyridine rings is 1. The SMILES string of the molecule is O=C(CSCc1ccccn1)Nc1cccc(N2CCOCC2)c1. The Labute approximate surface area is 146 Å². The molecular weight excluding hydrogens is 322 g/mol. The molecule has 3 rings (SSSR count). The summed E-state index contributed by atoms with van der Waals surface area (Å²) in [5.74, 6) is 1.16. The molecule has 24 heavy (non-hydrogen) atoms. The van der Waals surface area contributed by atoms with Gasteiger partial charge in [-0.05, 0) is 30.3 Å². The minimum atomic E-state index is 0.00931. The van der Waals surface area contributed by atoms with Gasteiger partial charge in [0, 0.05) is 36.4 Å². The van der Waals surface area contributed by atoms with E-state index in [1.165, 1.54) is 0 Å². The van der Waals surface area contributed by atoms with Crippen LogP contribution in [0.4, 0.5) is 11.4 Å². The summed E-state index contributed by atoms with van der Waals surface area (Å²) in [6, 6.07) is 13.8. The molecule has 2 heterocycles. The van der Waals surface area contributed by atoms with Crippen molar-refractivity contribution in [2.24, 2.45) is 0 Å². The highest BCUT2D eigenvalue weighted by atomic mass is 32.2. The number of amides is 1. The van der Waals surface area contributed by atoms with Crippen molar-refractivity contribution in [3.63, 3.8) is 0 Å². The van der Waals surface area contributed by atoms with E-state index >= 15 is 0 Å². The number of thioether (sulfide) groups is 1. The number of nitrogens with zero attached hydrogens (tertiary/aromatic N) is 2. The largest absolute Gasteiger partial charge is 0.378 e. The van der Waals surface area contributed by atoms with Crippen molar-refractivity contribution in [3.05, 3.63) is 54.4 Å². The van der Waals surface area contributed by atoms with Crippen LogP contribution in [0, 0.1) is 0 Å². The second kappa shape index (κ2) is 8.70. The van der Waals surface area contributed by atoms with E-state index in [0.717, 1.165) is 49.1 Å². The predicted octanol–water partition coefficient (Wildman–Crippen LogP) is 2.79. The first kappa shape index (κ1) is 16.8. The van der Waals surface area contributed by atoms with Gasteiger partial charge in [0.15, 0.2) is 0 Å². The van der Waals surface area contributed by atoms with E-state index in [9.17, 15) is 4.79 Å². The molecule has 1 aliphatic rings. The molecule has 0 bridgehead atoms. The summed E-state index contributed by atoms with van der Waals surface area (Å²) in [4.78, 5) is 18.6. The number of nitrogens with one attached hydrogen (secondary N) is 1. The molecule has 1 fully saturated rings. The van der Waals surface area contributed by atoms with Crippen LogP contribution >= 0.6 is 11.8 Å². The lowest BCUT2D eigenvalue weighted by Gasteiger charge is -2.29. The number of rotatable bonds is 6. The summed E-state index contributed by atoms with van der Waals surface area (Å²) in [7, 11) is 0. The number of aromatic nitrogens is 1. The average Bonchev–Trinajstić information content (AvgIpc) is 2.63. The highest BCUT2D eigenvalue weighted by Crippen LogP contribution is 2.21. The molecule has 0 saturated carbocycles. The number of carbonyl (C=O) groups excluding carboxylic acids is 1. The Morgan fingerprint density at radius 3 is 2.88 bits per heavy atom. The van der Waals surface area contributed by atoms with Crippen molar-refractivity contribution in [1.29, 1.82) is 0 Å². The molecule has 1 aromatic carbocycles. The van der Waals surface area contributed by atoms with Gasteiger partial charge in [0.05, 0.1) is 24.7 Å². The first-order valence-corrected chi connectivity index (χ1v) is 9.17. The minimum absolute atomic E-state index is 0.00931. The first-order valence-electron chi connectivity index (χ1n) is 8.01. The van der Waals surface area contributed by atoms with Crippen LogP contribution < -0.4 is 10.2 Å². The van der Waals surface area contributed by atoms with Crippen LogP contribution in [0.5, 0.6) is 0 Å². The predicted molar refractivity (Wildman–Crippen MR) is 98.5 cm³/mol. The topological polar surface area (TPSA) is 54.5 Å². The molecule has 6 heteroatoms. The van der Waals surface area contributed by atoms with Crippen LogP contribution in [0.25, 0.3) is 0 Å². The molecule has 126 valence electrons. The molecule has 0 spiro atoms. The Morgan fingerprint density at radius 2 is 2.08 bits per heavy atom. The maximum Gasteiger partial charge on any atom is 0.234 e. The zero-order valence-corrected chi connectivity index (χ0v) is 14.3. The zero-order valence-electron chi connectivity index (χ0n) is 13.5. The third kappa shape index (κ3) is 4.97. The minimum Gasteiger partial charge on any atom is -0.378 e. The van der Waals surface area contributed by atoms with E-state index < -0.39 is 0 Å². The zero-order chi connectivity index (χ0) is 16.6. The molecule has 0 atom stereocenters. The average molecular weight is 343 g/mol. The lowest BCUT2D eigenvalue weighted by molar-refractivity contribution is -0.113. The number of hydrogen-bond donors (Lipinski definition) is 1. The van der Waals surface area contributed by atoms with Gasteiger partial charge in [-0.3, -0.25) is 9.78 Å². The Kier molecular flexibility index (Phi) is 6.09. The summed E-state index contributed by atoms with van der Waals surface area (Å²) in [5, 5.41) is 2.97. The maximum atomic E-state index is 12.1. The molecule has 1 aromatic heterocycles. The second-order valence-corrected chi connectivity index (χ2v) is 6.50. The fourth-order valence-corrected chi connectivity index (χ4v) is 3.27. The van der Waals surface area contributed by atoms with Gasteiger partial charge in [0.1, 0.15) is 0 Å². The van der Waals surface area contributed by atoms with Crippen molar-refractivity contribution in [2.75, 3.05) is 42.3 Å². The van der Waals surface area contributed by atoms with Gasteiger partial charge >= 0.3 is 0 Å². The molecular formula is C18H21N3O2S. The highest BCUT2D eigenvalue weighted by molar-refractivity contribution is 7.99. The van der Waals surface area contributed by atoms with Crippen LogP contribution in [-0.4, -0.2) is 42.9 Å². The number of benzene rings is 1. The van der Waals surface area contributed by atoms with E-state index in [-0.39, 0.29) is 5.91 Å². The fourth-order valence-electron chi connectivity index (χ4n) is 2.53. The number of anilines is 2. The number of carbonyl (C=O) groups is 1. The van der Waals surface area contributed by atoms with E-state index in [2.05, 4.69) is 21.3 Å². The highest BCUT2D eigenvalue weighted by Gasteiger charge is 2.12. The van der Waals surface area contributed by atoms with Crippen molar-refractivity contribution in [1.82, 2.24) is 4.98 Å².